The molecule has 3 rings (SSSR count). The summed E-state index contributed by atoms with van der Waals surface area (Å²) in [6.45, 7) is 5.30. The fourth-order valence-electron chi connectivity index (χ4n) is 2.87. The average molecular weight is 353 g/mol. The second kappa shape index (κ2) is 7.50. The predicted octanol–water partition coefficient (Wildman–Crippen LogP) is 1.29. The molecule has 8 nitrogen and oxygen atoms in total. The largest absolute Gasteiger partial charge is 0.466 e. The molecule has 24 heavy (non-hydrogen) atoms. The molecule has 0 radical (unpaired) electrons. The smallest absolute Gasteiger partial charge is 0.309 e. The van der Waals surface area contributed by atoms with Crippen LogP contribution in [0.5, 0.6) is 0 Å². The lowest BCUT2D eigenvalue weighted by molar-refractivity contribution is -0.151. The van der Waals surface area contributed by atoms with Crippen molar-refractivity contribution in [1.29, 1.82) is 0 Å². The molecule has 0 unspecified atom stereocenters. The first-order chi connectivity index (χ1) is 11.6. The molecule has 1 aliphatic carbocycles. The molecule has 1 saturated heterocycles. The number of carbonyl (C=O) groups excluding carboxylic acids is 2. The summed E-state index contributed by atoms with van der Waals surface area (Å²) in [7, 11) is 0. The van der Waals surface area contributed by atoms with Crippen LogP contribution in [-0.4, -0.2) is 61.9 Å². The molecular formula is C15H23N5O3S. The summed E-state index contributed by atoms with van der Waals surface area (Å²) < 4.78 is 6.89. The number of ether oxygens (including phenoxy) is 1. The van der Waals surface area contributed by atoms with Crippen molar-refractivity contribution >= 4 is 23.6 Å². The van der Waals surface area contributed by atoms with Gasteiger partial charge >= 0.3 is 5.97 Å². The second-order valence-corrected chi connectivity index (χ2v) is 7.56. The van der Waals surface area contributed by atoms with Crippen LogP contribution in [0.4, 0.5) is 0 Å². The summed E-state index contributed by atoms with van der Waals surface area (Å²) in [6.07, 6.45) is 3.54. The summed E-state index contributed by atoms with van der Waals surface area (Å²) in [4.78, 5) is 26.2. The maximum atomic E-state index is 12.6. The minimum atomic E-state index is -0.243. The van der Waals surface area contributed by atoms with Crippen molar-refractivity contribution in [2.24, 2.45) is 5.92 Å². The number of esters is 1. The number of hydrogen-bond acceptors (Lipinski definition) is 7. The molecule has 1 atom stereocenters. The minimum absolute atomic E-state index is 0.0765. The van der Waals surface area contributed by atoms with Gasteiger partial charge in [-0.15, -0.1) is 5.10 Å². The summed E-state index contributed by atoms with van der Waals surface area (Å²) in [5, 5.41) is 12.2. The van der Waals surface area contributed by atoms with Crippen LogP contribution in [0.1, 0.15) is 45.6 Å². The van der Waals surface area contributed by atoms with E-state index in [-0.39, 0.29) is 23.0 Å². The molecular weight excluding hydrogens is 330 g/mol. The van der Waals surface area contributed by atoms with Gasteiger partial charge in [0.25, 0.3) is 0 Å². The van der Waals surface area contributed by atoms with Crippen LogP contribution in [0, 0.1) is 5.92 Å². The van der Waals surface area contributed by atoms with Gasteiger partial charge in [-0.05, 0) is 50.0 Å². The van der Waals surface area contributed by atoms with Gasteiger partial charge in [0, 0.05) is 13.1 Å². The number of carbonyl (C=O) groups is 2. The maximum Gasteiger partial charge on any atom is 0.309 e. The molecule has 1 saturated carbocycles. The van der Waals surface area contributed by atoms with E-state index in [0.29, 0.717) is 43.7 Å². The van der Waals surface area contributed by atoms with Crippen molar-refractivity contribution in [2.45, 2.75) is 56.0 Å². The molecule has 0 aromatic carbocycles. The van der Waals surface area contributed by atoms with Gasteiger partial charge in [-0.3, -0.25) is 9.59 Å². The number of rotatable bonds is 6. The summed E-state index contributed by atoms with van der Waals surface area (Å²) >= 11 is 1.41. The first kappa shape index (κ1) is 17.2. The van der Waals surface area contributed by atoms with Crippen LogP contribution in [0.2, 0.25) is 0 Å². The molecule has 0 N–H and O–H groups in total. The van der Waals surface area contributed by atoms with Gasteiger partial charge < -0.3 is 9.64 Å². The van der Waals surface area contributed by atoms with E-state index in [1.54, 1.807) is 0 Å². The van der Waals surface area contributed by atoms with Gasteiger partial charge in [0.15, 0.2) is 0 Å². The van der Waals surface area contributed by atoms with Gasteiger partial charge in [0.2, 0.25) is 11.1 Å². The highest BCUT2D eigenvalue weighted by Crippen LogP contribution is 2.37. The molecule has 1 amide bonds. The molecule has 1 aromatic heterocycles. The molecule has 1 aromatic rings. The molecule has 1 aliphatic heterocycles. The van der Waals surface area contributed by atoms with Gasteiger partial charge in [0.05, 0.1) is 23.8 Å². The molecule has 2 fully saturated rings. The number of amides is 1. The van der Waals surface area contributed by atoms with E-state index >= 15 is 0 Å². The van der Waals surface area contributed by atoms with E-state index < -0.39 is 0 Å². The topological polar surface area (TPSA) is 90.2 Å². The van der Waals surface area contributed by atoms with Crippen molar-refractivity contribution in [3.63, 3.8) is 0 Å². The summed E-state index contributed by atoms with van der Waals surface area (Å²) in [6, 6.07) is 0.394. The number of hydrogen-bond donors (Lipinski definition) is 0. The third-order valence-electron chi connectivity index (χ3n) is 4.41. The Morgan fingerprint density at radius 2 is 2.00 bits per heavy atom. The molecule has 2 aliphatic rings. The lowest BCUT2D eigenvalue weighted by atomic mass is 9.97. The van der Waals surface area contributed by atoms with E-state index in [9.17, 15) is 9.59 Å². The van der Waals surface area contributed by atoms with Crippen LogP contribution in [0.3, 0.4) is 0 Å². The summed E-state index contributed by atoms with van der Waals surface area (Å²) in [5.41, 5.74) is 0. The summed E-state index contributed by atoms with van der Waals surface area (Å²) in [5.74, 6) is -0.151. The molecule has 132 valence electrons. The van der Waals surface area contributed by atoms with Crippen LogP contribution < -0.4 is 0 Å². The molecule has 0 bridgehead atoms. The van der Waals surface area contributed by atoms with E-state index in [1.165, 1.54) is 11.8 Å². The van der Waals surface area contributed by atoms with Crippen molar-refractivity contribution < 1.29 is 14.3 Å². The zero-order valence-electron chi connectivity index (χ0n) is 14.1. The number of likely N-dealkylation sites (tertiary alicyclic amines) is 1. The van der Waals surface area contributed by atoms with Crippen molar-refractivity contribution in [2.75, 3.05) is 19.7 Å². The van der Waals surface area contributed by atoms with Crippen LogP contribution >= 0.6 is 11.8 Å². The standard InChI is InChI=1S/C15H23N5O3S/c1-3-23-14(22)11-6-8-19(9-7-11)13(21)10(2)24-15-16-17-18-20(15)12-4-5-12/h10-12H,3-9H2,1-2H3/t10-/m1/s1. The van der Waals surface area contributed by atoms with Crippen LogP contribution in [-0.2, 0) is 14.3 Å². The van der Waals surface area contributed by atoms with E-state index in [1.807, 2.05) is 23.4 Å². The third-order valence-corrected chi connectivity index (χ3v) is 5.45. The van der Waals surface area contributed by atoms with Crippen molar-refractivity contribution in [3.8, 4) is 0 Å². The predicted molar refractivity (Wildman–Crippen MR) is 87.3 cm³/mol. The zero-order valence-corrected chi connectivity index (χ0v) is 14.9. The quantitative estimate of drug-likeness (QED) is 0.562. The number of thioether (sulfide) groups is 1. The molecule has 9 heteroatoms. The van der Waals surface area contributed by atoms with Gasteiger partial charge in [-0.1, -0.05) is 11.8 Å². The Morgan fingerprint density at radius 3 is 2.62 bits per heavy atom. The fraction of sp³-hybridized carbons (Fsp3) is 0.800. The Kier molecular flexibility index (Phi) is 5.37. The Hall–Kier alpha value is -1.64. The van der Waals surface area contributed by atoms with Crippen molar-refractivity contribution in [1.82, 2.24) is 25.1 Å². The Balaban J connectivity index is 1.51. The van der Waals surface area contributed by atoms with E-state index in [2.05, 4.69) is 15.5 Å². The number of aromatic nitrogens is 4. The van der Waals surface area contributed by atoms with Gasteiger partial charge in [0.1, 0.15) is 0 Å². The molecule has 0 spiro atoms. The SMILES string of the molecule is CCOC(=O)C1CCN(C(=O)[C@@H](C)Sc2nnnn2C2CC2)CC1. The Labute approximate surface area is 145 Å². The first-order valence-electron chi connectivity index (χ1n) is 8.50. The van der Waals surface area contributed by atoms with E-state index in [0.717, 1.165) is 12.8 Å². The minimum Gasteiger partial charge on any atom is -0.466 e. The normalized spacial score (nSPS) is 20.0. The fourth-order valence-corrected chi connectivity index (χ4v) is 3.82. The van der Waals surface area contributed by atoms with Crippen LogP contribution in [0.25, 0.3) is 0 Å². The monoisotopic (exact) mass is 353 g/mol. The average Bonchev–Trinajstić information content (AvgIpc) is 3.34. The van der Waals surface area contributed by atoms with Crippen molar-refractivity contribution in [3.05, 3.63) is 0 Å². The highest BCUT2D eigenvalue weighted by Gasteiger charge is 2.32. The second-order valence-electron chi connectivity index (χ2n) is 6.25. The number of piperidine rings is 1. The highest BCUT2D eigenvalue weighted by molar-refractivity contribution is 8.00. The number of tetrazole rings is 1. The maximum absolute atomic E-state index is 12.6. The van der Waals surface area contributed by atoms with Crippen LogP contribution in [0.15, 0.2) is 5.16 Å². The van der Waals surface area contributed by atoms with E-state index in [4.69, 9.17) is 4.74 Å². The van der Waals surface area contributed by atoms with Gasteiger partial charge in [-0.25, -0.2) is 4.68 Å². The lowest BCUT2D eigenvalue weighted by Crippen LogP contribution is -2.43. The zero-order chi connectivity index (χ0) is 17.1. The first-order valence-corrected chi connectivity index (χ1v) is 9.38. The van der Waals surface area contributed by atoms with Gasteiger partial charge in [-0.2, -0.15) is 0 Å². The Bertz CT molecular complexity index is 596. The lowest BCUT2D eigenvalue weighted by Gasteiger charge is -2.32. The molecule has 2 heterocycles. The number of nitrogens with zero attached hydrogens (tertiary/aromatic N) is 5. The Morgan fingerprint density at radius 1 is 1.29 bits per heavy atom. The third kappa shape index (κ3) is 3.88. The highest BCUT2D eigenvalue weighted by atomic mass is 32.2.